The third-order valence-corrected chi connectivity index (χ3v) is 2.45. The van der Waals surface area contributed by atoms with Crippen molar-refractivity contribution in [2.75, 3.05) is 0 Å². The predicted molar refractivity (Wildman–Crippen MR) is 55.8 cm³/mol. The minimum atomic E-state index is -0.892. The van der Waals surface area contributed by atoms with Gasteiger partial charge in [-0.3, -0.25) is 0 Å². The number of aromatic amines is 1. The smallest absolute Gasteiger partial charge is 0.162 e. The van der Waals surface area contributed by atoms with Crippen LogP contribution in [0, 0.1) is 11.6 Å². The van der Waals surface area contributed by atoms with Crippen LogP contribution in [0.5, 0.6) is 0 Å². The number of nitrogens with one attached hydrogen (secondary N) is 1. The van der Waals surface area contributed by atoms with Gasteiger partial charge in [-0.25, -0.2) is 8.78 Å². The van der Waals surface area contributed by atoms with Gasteiger partial charge in [0.15, 0.2) is 11.6 Å². The van der Waals surface area contributed by atoms with E-state index >= 15 is 0 Å². The van der Waals surface area contributed by atoms with E-state index in [4.69, 9.17) is 0 Å². The molecular weight excluding hydrogens is 212 g/mol. The highest BCUT2D eigenvalue weighted by atomic mass is 19.2. The second kappa shape index (κ2) is 4.45. The Hall–Kier alpha value is -1.68. The van der Waals surface area contributed by atoms with Crippen molar-refractivity contribution >= 4 is 0 Å². The molecule has 0 spiro atoms. The Kier molecular flexibility index (Phi) is 3.01. The van der Waals surface area contributed by atoms with Crippen molar-refractivity contribution in [2.24, 2.45) is 0 Å². The quantitative estimate of drug-likeness (QED) is 0.824. The van der Waals surface area contributed by atoms with Gasteiger partial charge in [0.25, 0.3) is 0 Å². The zero-order valence-electron chi connectivity index (χ0n) is 8.45. The number of benzene rings is 1. The van der Waals surface area contributed by atoms with Crippen molar-refractivity contribution in [3.8, 4) is 0 Å². The van der Waals surface area contributed by atoms with Gasteiger partial charge in [-0.05, 0) is 23.3 Å². The van der Waals surface area contributed by atoms with E-state index in [-0.39, 0.29) is 12.0 Å². The monoisotopic (exact) mass is 223 g/mol. The fourth-order valence-electron chi connectivity index (χ4n) is 1.58. The number of aliphatic hydroxyl groups excluding tert-OH is 1. The van der Waals surface area contributed by atoms with E-state index in [1.807, 2.05) is 0 Å². The Balaban J connectivity index is 2.18. The summed E-state index contributed by atoms with van der Waals surface area (Å²) in [6, 6.07) is 5.65. The van der Waals surface area contributed by atoms with Gasteiger partial charge < -0.3 is 10.1 Å². The Morgan fingerprint density at radius 1 is 1.25 bits per heavy atom. The molecule has 84 valence electrons. The van der Waals surface area contributed by atoms with E-state index in [0.29, 0.717) is 5.56 Å². The summed E-state index contributed by atoms with van der Waals surface area (Å²) in [7, 11) is 0. The fraction of sp³-hybridized carbons (Fsp3) is 0.167. The molecule has 0 amide bonds. The first-order chi connectivity index (χ1) is 7.68. The lowest BCUT2D eigenvalue weighted by atomic mass is 10.0. The average Bonchev–Trinajstić information content (AvgIpc) is 2.78. The molecular formula is C12H11F2NO. The molecule has 0 aliphatic heterocycles. The zero-order valence-corrected chi connectivity index (χ0v) is 8.45. The lowest BCUT2D eigenvalue weighted by Crippen LogP contribution is -2.03. The first kappa shape index (κ1) is 10.8. The molecule has 2 N–H and O–H groups in total. The zero-order chi connectivity index (χ0) is 11.5. The van der Waals surface area contributed by atoms with Gasteiger partial charge in [-0.2, -0.15) is 0 Å². The van der Waals surface area contributed by atoms with Crippen molar-refractivity contribution in [3.63, 3.8) is 0 Å². The largest absolute Gasteiger partial charge is 0.388 e. The molecule has 0 radical (unpaired) electrons. The maximum atomic E-state index is 13.3. The van der Waals surface area contributed by atoms with Crippen LogP contribution >= 0.6 is 0 Å². The summed E-state index contributed by atoms with van der Waals surface area (Å²) < 4.78 is 26.2. The van der Waals surface area contributed by atoms with E-state index in [2.05, 4.69) is 4.98 Å². The lowest BCUT2D eigenvalue weighted by molar-refractivity contribution is 0.177. The summed E-state index contributed by atoms with van der Waals surface area (Å²) in [5.74, 6) is -1.78. The summed E-state index contributed by atoms with van der Waals surface area (Å²) in [5, 5.41) is 9.77. The molecule has 0 saturated carbocycles. The first-order valence-electron chi connectivity index (χ1n) is 4.92. The van der Waals surface area contributed by atoms with Gasteiger partial charge in [-0.15, -0.1) is 0 Å². The van der Waals surface area contributed by atoms with Gasteiger partial charge in [-0.1, -0.05) is 12.1 Å². The number of aromatic nitrogens is 1. The maximum Gasteiger partial charge on any atom is 0.162 e. The van der Waals surface area contributed by atoms with E-state index < -0.39 is 17.7 Å². The molecule has 0 saturated heterocycles. The fourth-order valence-corrected chi connectivity index (χ4v) is 1.58. The molecule has 1 heterocycles. The van der Waals surface area contributed by atoms with Crippen LogP contribution in [0.15, 0.2) is 36.7 Å². The second-order valence-corrected chi connectivity index (χ2v) is 3.58. The highest BCUT2D eigenvalue weighted by Gasteiger charge is 2.13. The molecule has 2 rings (SSSR count). The summed E-state index contributed by atoms with van der Waals surface area (Å²) >= 11 is 0. The summed E-state index contributed by atoms with van der Waals surface area (Å²) in [4.78, 5) is 2.79. The maximum absolute atomic E-state index is 13.3. The molecule has 1 unspecified atom stereocenters. The van der Waals surface area contributed by atoms with Crippen LogP contribution in [0.2, 0.25) is 0 Å². The number of halogens is 2. The van der Waals surface area contributed by atoms with Crippen LogP contribution in [-0.4, -0.2) is 10.1 Å². The second-order valence-electron chi connectivity index (χ2n) is 3.58. The highest BCUT2D eigenvalue weighted by Crippen LogP contribution is 2.20. The molecule has 1 aromatic carbocycles. The van der Waals surface area contributed by atoms with Crippen molar-refractivity contribution in [2.45, 2.75) is 12.5 Å². The van der Waals surface area contributed by atoms with E-state index in [1.54, 1.807) is 18.5 Å². The standard InChI is InChI=1S/C12H11F2NO/c13-10-3-1-2-8(12(10)14)6-11(16)9-4-5-15-7-9/h1-5,7,11,15-16H,6H2. The third-order valence-electron chi connectivity index (χ3n) is 2.45. The van der Waals surface area contributed by atoms with E-state index in [1.165, 1.54) is 12.1 Å². The molecule has 1 aromatic heterocycles. The van der Waals surface area contributed by atoms with E-state index in [9.17, 15) is 13.9 Å². The minimum Gasteiger partial charge on any atom is -0.388 e. The molecule has 2 aromatic rings. The van der Waals surface area contributed by atoms with Crippen LogP contribution in [0.4, 0.5) is 8.78 Å². The van der Waals surface area contributed by atoms with Crippen LogP contribution in [0.25, 0.3) is 0 Å². The van der Waals surface area contributed by atoms with Crippen molar-refractivity contribution < 1.29 is 13.9 Å². The number of aliphatic hydroxyl groups is 1. The Labute approximate surface area is 91.6 Å². The van der Waals surface area contributed by atoms with Crippen LogP contribution in [-0.2, 0) is 6.42 Å². The molecule has 4 heteroatoms. The van der Waals surface area contributed by atoms with Gasteiger partial charge >= 0.3 is 0 Å². The number of hydrogen-bond acceptors (Lipinski definition) is 1. The molecule has 0 aliphatic rings. The normalized spacial score (nSPS) is 12.7. The van der Waals surface area contributed by atoms with Gasteiger partial charge in [0, 0.05) is 18.8 Å². The first-order valence-corrected chi connectivity index (χ1v) is 4.92. The molecule has 1 atom stereocenters. The van der Waals surface area contributed by atoms with E-state index in [0.717, 1.165) is 6.07 Å². The number of rotatable bonds is 3. The molecule has 0 bridgehead atoms. The number of H-pyrrole nitrogens is 1. The van der Waals surface area contributed by atoms with Gasteiger partial charge in [0.2, 0.25) is 0 Å². The van der Waals surface area contributed by atoms with Crippen molar-refractivity contribution in [1.29, 1.82) is 0 Å². The molecule has 0 aliphatic carbocycles. The molecule has 0 fully saturated rings. The third kappa shape index (κ3) is 2.12. The van der Waals surface area contributed by atoms with Crippen LogP contribution in [0.3, 0.4) is 0 Å². The van der Waals surface area contributed by atoms with Gasteiger partial charge in [0.1, 0.15) is 0 Å². The van der Waals surface area contributed by atoms with Gasteiger partial charge in [0.05, 0.1) is 6.10 Å². The summed E-state index contributed by atoms with van der Waals surface area (Å²) in [5.41, 5.74) is 0.831. The summed E-state index contributed by atoms with van der Waals surface area (Å²) in [6.07, 6.45) is 2.52. The van der Waals surface area contributed by atoms with Crippen LogP contribution in [0.1, 0.15) is 17.2 Å². The minimum absolute atomic E-state index is 0.0570. The van der Waals surface area contributed by atoms with Crippen molar-refractivity contribution in [3.05, 3.63) is 59.4 Å². The SMILES string of the molecule is OC(Cc1cccc(F)c1F)c1cc[nH]c1. The number of hydrogen-bond donors (Lipinski definition) is 2. The Bertz CT molecular complexity index is 468. The highest BCUT2D eigenvalue weighted by molar-refractivity contribution is 5.22. The molecule has 2 nitrogen and oxygen atoms in total. The average molecular weight is 223 g/mol. The Morgan fingerprint density at radius 2 is 2.06 bits per heavy atom. The predicted octanol–water partition coefficient (Wildman–Crippen LogP) is 2.57. The Morgan fingerprint density at radius 3 is 2.75 bits per heavy atom. The van der Waals surface area contributed by atoms with Crippen LogP contribution < -0.4 is 0 Å². The summed E-state index contributed by atoms with van der Waals surface area (Å²) in [6.45, 7) is 0. The van der Waals surface area contributed by atoms with Crippen molar-refractivity contribution in [1.82, 2.24) is 4.98 Å². The topological polar surface area (TPSA) is 36.0 Å². The molecule has 16 heavy (non-hydrogen) atoms. The lowest BCUT2D eigenvalue weighted by Gasteiger charge is -2.09.